The molecule has 0 saturated carbocycles. The quantitative estimate of drug-likeness (QED) is 0.513. The molecule has 0 unspecified atom stereocenters. The average Bonchev–Trinajstić information content (AvgIpc) is 3.47. The van der Waals surface area contributed by atoms with Gasteiger partial charge in [0.15, 0.2) is 10.8 Å². The Morgan fingerprint density at radius 2 is 2.17 bits per heavy atom. The topological polar surface area (TPSA) is 86.8 Å². The van der Waals surface area contributed by atoms with Crippen LogP contribution in [-0.2, 0) is 0 Å². The van der Waals surface area contributed by atoms with Gasteiger partial charge in [0.1, 0.15) is 0 Å². The average molecular weight is 419 g/mol. The zero-order chi connectivity index (χ0) is 20.7. The van der Waals surface area contributed by atoms with Crippen molar-refractivity contribution < 1.29 is 4.79 Å². The maximum absolute atomic E-state index is 13.2. The molecule has 1 fully saturated rings. The van der Waals surface area contributed by atoms with E-state index in [1.54, 1.807) is 17.5 Å². The number of aryl methyl sites for hydroxylation is 2. The third-order valence-electron chi connectivity index (χ3n) is 5.47. The molecular formula is C22H22N6OS. The molecule has 4 aromatic rings. The number of aromatic amines is 1. The van der Waals surface area contributed by atoms with Gasteiger partial charge in [-0.3, -0.25) is 14.9 Å². The molecule has 5 rings (SSSR count). The molecule has 3 aromatic heterocycles. The van der Waals surface area contributed by atoms with Gasteiger partial charge in [-0.05, 0) is 44.5 Å². The molecule has 30 heavy (non-hydrogen) atoms. The maximum Gasteiger partial charge on any atom is 0.275 e. The monoisotopic (exact) mass is 418 g/mol. The van der Waals surface area contributed by atoms with Gasteiger partial charge in [-0.25, -0.2) is 4.98 Å². The SMILES string of the molecule is Cc1ccc2[nH]nc(C(=O)N3CC[C@@H](c4cc(Nc5nccs5)cc(C)n4)C3)c2c1. The Labute approximate surface area is 178 Å². The highest BCUT2D eigenvalue weighted by Crippen LogP contribution is 2.30. The van der Waals surface area contributed by atoms with Crippen LogP contribution in [0.5, 0.6) is 0 Å². The van der Waals surface area contributed by atoms with Crippen molar-refractivity contribution in [3.05, 3.63) is 64.6 Å². The number of amides is 1. The summed E-state index contributed by atoms with van der Waals surface area (Å²) in [4.78, 5) is 24.1. The summed E-state index contributed by atoms with van der Waals surface area (Å²) in [5.74, 6) is 0.181. The first kappa shape index (κ1) is 18.7. The highest BCUT2D eigenvalue weighted by Gasteiger charge is 2.31. The second-order valence-corrected chi connectivity index (χ2v) is 8.64. The Balaban J connectivity index is 1.36. The molecule has 0 aliphatic carbocycles. The van der Waals surface area contributed by atoms with Crippen LogP contribution in [0.4, 0.5) is 10.8 Å². The number of carbonyl (C=O) groups is 1. The summed E-state index contributed by atoms with van der Waals surface area (Å²) in [6, 6.07) is 10.1. The number of pyridine rings is 1. The lowest BCUT2D eigenvalue weighted by molar-refractivity contribution is 0.0786. The van der Waals surface area contributed by atoms with Gasteiger partial charge in [-0.2, -0.15) is 5.10 Å². The number of aromatic nitrogens is 4. The molecule has 7 nitrogen and oxygen atoms in total. The van der Waals surface area contributed by atoms with Crippen LogP contribution in [-0.4, -0.2) is 44.1 Å². The van der Waals surface area contributed by atoms with E-state index in [1.165, 1.54) is 0 Å². The van der Waals surface area contributed by atoms with E-state index in [1.807, 2.05) is 48.4 Å². The largest absolute Gasteiger partial charge is 0.337 e. The Hall–Kier alpha value is -3.26. The first-order valence-corrected chi connectivity index (χ1v) is 10.8. The van der Waals surface area contributed by atoms with E-state index in [0.717, 1.165) is 45.1 Å². The van der Waals surface area contributed by atoms with E-state index in [4.69, 9.17) is 4.98 Å². The van der Waals surface area contributed by atoms with E-state index in [2.05, 4.69) is 26.6 Å². The van der Waals surface area contributed by atoms with E-state index in [9.17, 15) is 4.79 Å². The number of hydrogen-bond acceptors (Lipinski definition) is 6. The van der Waals surface area contributed by atoms with Crippen LogP contribution < -0.4 is 5.32 Å². The van der Waals surface area contributed by atoms with Crippen molar-refractivity contribution in [2.45, 2.75) is 26.2 Å². The number of carbonyl (C=O) groups excluding carboxylic acids is 1. The molecule has 8 heteroatoms. The number of benzene rings is 1. The Morgan fingerprint density at radius 1 is 1.27 bits per heavy atom. The van der Waals surface area contributed by atoms with Crippen LogP contribution in [0, 0.1) is 13.8 Å². The molecule has 0 radical (unpaired) electrons. The summed E-state index contributed by atoms with van der Waals surface area (Å²) in [6.45, 7) is 5.36. The van der Waals surface area contributed by atoms with Crippen molar-refractivity contribution in [1.29, 1.82) is 0 Å². The number of nitrogens with one attached hydrogen (secondary N) is 2. The van der Waals surface area contributed by atoms with Crippen LogP contribution in [0.2, 0.25) is 0 Å². The number of fused-ring (bicyclic) bond motifs is 1. The third-order valence-corrected chi connectivity index (χ3v) is 6.16. The molecule has 152 valence electrons. The molecule has 1 aromatic carbocycles. The minimum atomic E-state index is -0.0249. The summed E-state index contributed by atoms with van der Waals surface area (Å²) in [5, 5.41) is 14.3. The van der Waals surface area contributed by atoms with Crippen LogP contribution in [0.3, 0.4) is 0 Å². The highest BCUT2D eigenvalue weighted by atomic mass is 32.1. The maximum atomic E-state index is 13.2. The normalized spacial score (nSPS) is 16.3. The van der Waals surface area contributed by atoms with E-state index >= 15 is 0 Å². The summed E-state index contributed by atoms with van der Waals surface area (Å²) >= 11 is 1.56. The van der Waals surface area contributed by atoms with Crippen molar-refractivity contribution in [3.8, 4) is 0 Å². The standard InChI is InChI=1S/C22H22N6OS/c1-13-3-4-18-17(9-13)20(27-26-18)21(29)28-7-5-15(12-28)19-11-16(10-14(2)24-19)25-22-23-6-8-30-22/h3-4,6,8-11,15H,5,7,12H2,1-2H3,(H,26,27)(H,23,24,25)/t15-/m1/s1. The Morgan fingerprint density at radius 3 is 3.00 bits per heavy atom. The van der Waals surface area contributed by atoms with E-state index in [-0.39, 0.29) is 11.8 Å². The number of nitrogens with zero attached hydrogens (tertiary/aromatic N) is 4. The molecular weight excluding hydrogens is 396 g/mol. The minimum absolute atomic E-state index is 0.0249. The number of hydrogen-bond donors (Lipinski definition) is 2. The van der Waals surface area contributed by atoms with E-state index < -0.39 is 0 Å². The smallest absolute Gasteiger partial charge is 0.275 e. The zero-order valence-corrected chi connectivity index (χ0v) is 17.7. The molecule has 0 bridgehead atoms. The van der Waals surface area contributed by atoms with Gasteiger partial charge < -0.3 is 10.2 Å². The van der Waals surface area contributed by atoms with Gasteiger partial charge in [0.25, 0.3) is 5.91 Å². The lowest BCUT2D eigenvalue weighted by Crippen LogP contribution is -2.29. The number of likely N-dealkylation sites (tertiary alicyclic amines) is 1. The first-order valence-electron chi connectivity index (χ1n) is 9.96. The van der Waals surface area contributed by atoms with Crippen LogP contribution >= 0.6 is 11.3 Å². The summed E-state index contributed by atoms with van der Waals surface area (Å²) in [7, 11) is 0. The minimum Gasteiger partial charge on any atom is -0.337 e. The predicted octanol–water partition coefficient (Wildman–Crippen LogP) is 4.40. The molecule has 4 heterocycles. The van der Waals surface area contributed by atoms with Crippen molar-refractivity contribution in [1.82, 2.24) is 25.1 Å². The third kappa shape index (κ3) is 3.54. The van der Waals surface area contributed by atoms with Gasteiger partial charge in [-0.15, -0.1) is 11.3 Å². The lowest BCUT2D eigenvalue weighted by Gasteiger charge is -2.16. The molecule has 1 amide bonds. The van der Waals surface area contributed by atoms with Gasteiger partial charge in [0.2, 0.25) is 0 Å². The summed E-state index contributed by atoms with van der Waals surface area (Å²) in [5.41, 5.74) is 5.43. The van der Waals surface area contributed by atoms with E-state index in [0.29, 0.717) is 18.8 Å². The number of thiazole rings is 1. The lowest BCUT2D eigenvalue weighted by atomic mass is 10.0. The van der Waals surface area contributed by atoms with Crippen molar-refractivity contribution in [3.63, 3.8) is 0 Å². The second-order valence-electron chi connectivity index (χ2n) is 7.74. The Bertz CT molecular complexity index is 1220. The summed E-state index contributed by atoms with van der Waals surface area (Å²) in [6.07, 6.45) is 2.67. The van der Waals surface area contributed by atoms with Crippen LogP contribution in [0.1, 0.15) is 39.8 Å². The molecule has 0 spiro atoms. The van der Waals surface area contributed by atoms with Crippen molar-refractivity contribution >= 4 is 39.0 Å². The summed E-state index contributed by atoms with van der Waals surface area (Å²) < 4.78 is 0. The zero-order valence-electron chi connectivity index (χ0n) is 16.8. The van der Waals surface area contributed by atoms with Crippen LogP contribution in [0.25, 0.3) is 10.9 Å². The van der Waals surface area contributed by atoms with Gasteiger partial charge >= 0.3 is 0 Å². The number of rotatable bonds is 4. The second kappa shape index (κ2) is 7.53. The number of anilines is 2. The molecule has 1 aliphatic heterocycles. The fourth-order valence-electron chi connectivity index (χ4n) is 4.01. The molecule has 1 aliphatic rings. The Kier molecular flexibility index (Phi) is 4.71. The fraction of sp³-hybridized carbons (Fsp3) is 0.273. The van der Waals surface area contributed by atoms with Crippen molar-refractivity contribution in [2.75, 3.05) is 18.4 Å². The number of H-pyrrole nitrogens is 1. The van der Waals surface area contributed by atoms with Crippen molar-refractivity contribution in [2.24, 2.45) is 0 Å². The predicted molar refractivity (Wildman–Crippen MR) is 118 cm³/mol. The first-order chi connectivity index (χ1) is 14.6. The molecule has 1 atom stereocenters. The van der Waals surface area contributed by atoms with Gasteiger partial charge in [0, 0.05) is 53.0 Å². The molecule has 1 saturated heterocycles. The van der Waals surface area contributed by atoms with Gasteiger partial charge in [-0.1, -0.05) is 11.6 Å². The molecule has 2 N–H and O–H groups in total. The fourth-order valence-corrected chi connectivity index (χ4v) is 4.56. The highest BCUT2D eigenvalue weighted by molar-refractivity contribution is 7.13. The van der Waals surface area contributed by atoms with Gasteiger partial charge in [0.05, 0.1) is 5.52 Å². The van der Waals surface area contributed by atoms with Crippen LogP contribution in [0.15, 0.2) is 41.9 Å².